The van der Waals surface area contributed by atoms with E-state index < -0.39 is 22.0 Å². The number of alkyl halides is 3. The van der Waals surface area contributed by atoms with Crippen molar-refractivity contribution in [2.24, 2.45) is 5.92 Å². The van der Waals surface area contributed by atoms with E-state index in [0.29, 0.717) is 25.7 Å². The van der Waals surface area contributed by atoms with Crippen molar-refractivity contribution in [1.29, 1.82) is 0 Å². The lowest BCUT2D eigenvalue weighted by Crippen LogP contribution is -2.41. The van der Waals surface area contributed by atoms with Gasteiger partial charge in [-0.2, -0.15) is 18.3 Å². The maximum Gasteiger partial charge on any atom is 0.404 e. The highest BCUT2D eigenvalue weighted by atomic mass is 32.2. The third-order valence-corrected chi connectivity index (χ3v) is 9.62. The summed E-state index contributed by atoms with van der Waals surface area (Å²) in [5.74, 6) is -2.38. The molecule has 10 heteroatoms. The van der Waals surface area contributed by atoms with Gasteiger partial charge in [0.15, 0.2) is 5.75 Å². The Kier molecular flexibility index (Phi) is 7.70. The summed E-state index contributed by atoms with van der Waals surface area (Å²) in [6.45, 7) is 2.12. The summed E-state index contributed by atoms with van der Waals surface area (Å²) >= 11 is 0. The van der Waals surface area contributed by atoms with Crippen LogP contribution in [0.1, 0.15) is 48.9 Å². The van der Waals surface area contributed by atoms with E-state index in [2.05, 4.69) is 5.10 Å². The number of hydrogen-bond acceptors (Lipinski definition) is 3. The van der Waals surface area contributed by atoms with Gasteiger partial charge in [0, 0.05) is 31.0 Å². The third-order valence-electron chi connectivity index (χ3n) is 7.81. The van der Waals surface area contributed by atoms with Crippen LogP contribution in [0.5, 0.6) is 0 Å². The lowest BCUT2D eigenvalue weighted by Gasteiger charge is -2.31. The number of halogens is 4. The van der Waals surface area contributed by atoms with Gasteiger partial charge in [0.05, 0.1) is 17.6 Å². The molecule has 39 heavy (non-hydrogen) atoms. The highest BCUT2D eigenvalue weighted by Crippen LogP contribution is 2.47. The van der Waals surface area contributed by atoms with Crippen LogP contribution in [-0.4, -0.2) is 47.5 Å². The Morgan fingerprint density at radius 2 is 1.79 bits per heavy atom. The summed E-state index contributed by atoms with van der Waals surface area (Å²) in [6.07, 6.45) is 0.0878. The van der Waals surface area contributed by atoms with Gasteiger partial charge in [-0.1, -0.05) is 48.4 Å². The van der Waals surface area contributed by atoms with Gasteiger partial charge >= 0.3 is 6.18 Å². The molecule has 0 bridgehead atoms. The molecule has 2 aromatic carbocycles. The molecular weight excluding hydrogens is 530 g/mol. The number of aromatic nitrogens is 2. The van der Waals surface area contributed by atoms with E-state index in [1.54, 1.807) is 18.3 Å². The van der Waals surface area contributed by atoms with Crippen molar-refractivity contribution in [1.82, 2.24) is 14.1 Å². The molecule has 0 fully saturated rings. The average Bonchev–Trinajstić information content (AvgIpc) is 3.48. The Bertz CT molecular complexity index is 1450. The van der Waals surface area contributed by atoms with Crippen LogP contribution >= 0.6 is 0 Å². The Balaban J connectivity index is 1.36. The van der Waals surface area contributed by atoms with Gasteiger partial charge in [-0.25, -0.2) is 21.8 Å². The quantitative estimate of drug-likeness (QED) is 0.231. The van der Waals surface area contributed by atoms with Gasteiger partial charge in [-0.3, -0.25) is 0 Å². The standard InChI is InChI=1S/C29H31F4N3O2S/c1-20-26-17-34-36(25-13-11-24(30)12-14-25)27(26)16-22-9-10-23(28(20)22)18-35(39(37,38)19-29(31,32)33)15-5-8-21-6-3-2-4-7-21/h2-4,6-7,11-14,17,20,23H,5,8-10,15-16,18-19H2,1H3/t20-,23+/m0/s1. The topological polar surface area (TPSA) is 55.2 Å². The molecule has 2 aliphatic carbocycles. The molecule has 2 atom stereocenters. The molecular formula is C29H31F4N3O2S. The van der Waals surface area contributed by atoms with Gasteiger partial charge in [0.25, 0.3) is 0 Å². The van der Waals surface area contributed by atoms with Gasteiger partial charge < -0.3 is 0 Å². The molecule has 0 saturated heterocycles. The second-order valence-corrected chi connectivity index (χ2v) is 12.4. The molecule has 2 aliphatic rings. The maximum atomic E-state index is 13.4. The minimum Gasteiger partial charge on any atom is -0.237 e. The number of fused-ring (bicyclic) bond motifs is 1. The molecule has 0 N–H and O–H groups in total. The van der Waals surface area contributed by atoms with Crippen LogP contribution in [-0.2, 0) is 22.9 Å². The summed E-state index contributed by atoms with van der Waals surface area (Å²) in [7, 11) is -4.53. The molecule has 0 unspecified atom stereocenters. The fraction of sp³-hybridized carbons (Fsp3) is 0.414. The predicted octanol–water partition coefficient (Wildman–Crippen LogP) is 6.20. The van der Waals surface area contributed by atoms with E-state index in [9.17, 15) is 26.0 Å². The van der Waals surface area contributed by atoms with Crippen LogP contribution in [0.15, 0.2) is 71.9 Å². The molecule has 5 rings (SSSR count). The number of nitrogens with zero attached hydrogens (tertiary/aromatic N) is 3. The zero-order valence-electron chi connectivity index (χ0n) is 21.7. The van der Waals surface area contributed by atoms with Crippen molar-refractivity contribution in [3.05, 3.63) is 94.6 Å². The first-order valence-corrected chi connectivity index (χ1v) is 14.8. The van der Waals surface area contributed by atoms with Gasteiger partial charge in [-0.15, -0.1) is 0 Å². The molecule has 1 aromatic heterocycles. The molecule has 1 heterocycles. The van der Waals surface area contributed by atoms with Gasteiger partial charge in [-0.05, 0) is 61.4 Å². The Morgan fingerprint density at radius 1 is 1.08 bits per heavy atom. The van der Waals surface area contributed by atoms with E-state index in [1.165, 1.54) is 17.7 Å². The van der Waals surface area contributed by atoms with Gasteiger partial charge in [0.1, 0.15) is 5.82 Å². The smallest absolute Gasteiger partial charge is 0.237 e. The van der Waals surface area contributed by atoms with Crippen molar-refractivity contribution in [2.45, 2.75) is 51.1 Å². The molecule has 0 spiro atoms. The summed E-state index contributed by atoms with van der Waals surface area (Å²) in [4.78, 5) is 0. The van der Waals surface area contributed by atoms with E-state index >= 15 is 0 Å². The highest BCUT2D eigenvalue weighted by molar-refractivity contribution is 7.89. The van der Waals surface area contributed by atoms with Crippen molar-refractivity contribution in [3.63, 3.8) is 0 Å². The summed E-state index contributed by atoms with van der Waals surface area (Å²) in [5.41, 5.74) is 6.11. The number of hydrogen-bond donors (Lipinski definition) is 0. The highest BCUT2D eigenvalue weighted by Gasteiger charge is 2.41. The molecule has 0 saturated carbocycles. The Morgan fingerprint density at radius 3 is 2.49 bits per heavy atom. The summed E-state index contributed by atoms with van der Waals surface area (Å²) in [6, 6.07) is 15.6. The van der Waals surface area contributed by atoms with Crippen molar-refractivity contribution in [3.8, 4) is 5.69 Å². The third kappa shape index (κ3) is 6.11. The molecule has 0 aliphatic heterocycles. The van der Waals surface area contributed by atoms with Crippen LogP contribution in [0.2, 0.25) is 0 Å². The number of benzene rings is 2. The zero-order chi connectivity index (χ0) is 27.8. The first-order chi connectivity index (χ1) is 18.5. The fourth-order valence-corrected chi connectivity index (χ4v) is 7.48. The second kappa shape index (κ2) is 10.9. The molecule has 208 valence electrons. The molecule has 0 radical (unpaired) electrons. The number of allylic oxidation sites excluding steroid dienone is 1. The average molecular weight is 562 g/mol. The van der Waals surface area contributed by atoms with Crippen LogP contribution in [0.4, 0.5) is 17.6 Å². The lowest BCUT2D eigenvalue weighted by molar-refractivity contribution is -0.107. The van der Waals surface area contributed by atoms with Crippen LogP contribution < -0.4 is 0 Å². The SMILES string of the molecule is C[C@@H]1C2=C(CC[C@@H]2CN(CCCc2ccccc2)S(=O)(=O)CC(F)(F)F)Cc2c1cnn2-c1ccc(F)cc1. The zero-order valence-corrected chi connectivity index (χ0v) is 22.5. The molecule has 5 nitrogen and oxygen atoms in total. The van der Waals surface area contributed by atoms with E-state index in [1.807, 2.05) is 41.9 Å². The van der Waals surface area contributed by atoms with Crippen molar-refractivity contribution >= 4 is 10.0 Å². The van der Waals surface area contributed by atoms with Crippen LogP contribution in [0.3, 0.4) is 0 Å². The van der Waals surface area contributed by atoms with Crippen molar-refractivity contribution in [2.75, 3.05) is 18.8 Å². The molecule has 0 amide bonds. The first-order valence-electron chi connectivity index (χ1n) is 13.1. The minimum absolute atomic E-state index is 0.0363. The normalized spacial score (nSPS) is 19.4. The number of aryl methyl sites for hydroxylation is 1. The number of rotatable bonds is 9. The van der Waals surface area contributed by atoms with E-state index in [-0.39, 0.29) is 30.7 Å². The monoisotopic (exact) mass is 561 g/mol. The Hall–Kier alpha value is -2.98. The lowest BCUT2D eigenvalue weighted by atomic mass is 9.80. The van der Waals surface area contributed by atoms with E-state index in [4.69, 9.17) is 0 Å². The fourth-order valence-electron chi connectivity index (χ4n) is 6.07. The van der Waals surface area contributed by atoms with Crippen molar-refractivity contribution < 1.29 is 26.0 Å². The Labute approximate surface area is 226 Å². The van der Waals surface area contributed by atoms with E-state index in [0.717, 1.165) is 38.8 Å². The van der Waals surface area contributed by atoms with Crippen LogP contribution in [0, 0.1) is 11.7 Å². The number of sulfonamides is 1. The first kappa shape index (κ1) is 27.6. The van der Waals surface area contributed by atoms with Gasteiger partial charge in [0.2, 0.25) is 10.0 Å². The largest absolute Gasteiger partial charge is 0.404 e. The minimum atomic E-state index is -4.81. The molecule has 3 aromatic rings. The van der Waals surface area contributed by atoms with Crippen LogP contribution in [0.25, 0.3) is 5.69 Å². The second-order valence-electron chi connectivity index (χ2n) is 10.4. The maximum absolute atomic E-state index is 13.4. The summed E-state index contributed by atoms with van der Waals surface area (Å²) in [5, 5.41) is 4.55. The summed E-state index contributed by atoms with van der Waals surface area (Å²) < 4.78 is 81.9. The predicted molar refractivity (Wildman–Crippen MR) is 142 cm³/mol.